The van der Waals surface area contributed by atoms with E-state index in [9.17, 15) is 4.79 Å². The molecule has 0 fully saturated rings. The van der Waals surface area contributed by atoms with Gasteiger partial charge in [0.05, 0.1) is 11.8 Å². The standard InChI is InChI=1S/C11H9NO3/c12-11(13)8-4-1-2-5-9(8)15-10-6-3-7-14-10/h1-7H,(H2,12,13). The lowest BCUT2D eigenvalue weighted by atomic mass is 10.2. The molecule has 1 heterocycles. The summed E-state index contributed by atoms with van der Waals surface area (Å²) in [6.07, 6.45) is 1.49. The molecule has 4 heteroatoms. The van der Waals surface area contributed by atoms with Crippen LogP contribution in [0.3, 0.4) is 0 Å². The van der Waals surface area contributed by atoms with Crippen LogP contribution in [-0.2, 0) is 0 Å². The lowest BCUT2D eigenvalue weighted by Crippen LogP contribution is -2.11. The number of carbonyl (C=O) groups excluding carboxylic acids is 1. The minimum Gasteiger partial charge on any atom is -0.434 e. The van der Waals surface area contributed by atoms with E-state index in [1.165, 1.54) is 6.26 Å². The highest BCUT2D eigenvalue weighted by Gasteiger charge is 2.09. The van der Waals surface area contributed by atoms with Crippen molar-refractivity contribution in [3.8, 4) is 11.7 Å². The van der Waals surface area contributed by atoms with Crippen LogP contribution in [0.5, 0.6) is 11.7 Å². The van der Waals surface area contributed by atoms with E-state index < -0.39 is 5.91 Å². The topological polar surface area (TPSA) is 65.5 Å². The number of rotatable bonds is 3. The number of nitrogens with two attached hydrogens (primary N) is 1. The summed E-state index contributed by atoms with van der Waals surface area (Å²) in [5, 5.41) is 0. The van der Waals surface area contributed by atoms with Crippen molar-refractivity contribution in [3.05, 3.63) is 48.2 Å². The molecule has 1 aromatic heterocycles. The molecule has 15 heavy (non-hydrogen) atoms. The number of furan rings is 1. The van der Waals surface area contributed by atoms with Crippen LogP contribution < -0.4 is 10.5 Å². The fraction of sp³-hybridized carbons (Fsp3) is 0. The van der Waals surface area contributed by atoms with E-state index in [-0.39, 0.29) is 0 Å². The second kappa shape index (κ2) is 3.88. The van der Waals surface area contributed by atoms with Crippen LogP contribution in [-0.4, -0.2) is 5.91 Å². The zero-order chi connectivity index (χ0) is 10.7. The van der Waals surface area contributed by atoms with Gasteiger partial charge in [0, 0.05) is 6.07 Å². The van der Waals surface area contributed by atoms with E-state index in [4.69, 9.17) is 14.9 Å². The van der Waals surface area contributed by atoms with Gasteiger partial charge in [0.15, 0.2) is 0 Å². The summed E-state index contributed by atoms with van der Waals surface area (Å²) < 4.78 is 10.3. The average Bonchev–Trinajstić information content (AvgIpc) is 2.71. The number of hydrogen-bond donors (Lipinski definition) is 1. The highest BCUT2D eigenvalue weighted by Crippen LogP contribution is 2.24. The fourth-order valence-electron chi connectivity index (χ4n) is 1.19. The molecule has 4 nitrogen and oxygen atoms in total. The van der Waals surface area contributed by atoms with Crippen molar-refractivity contribution in [2.24, 2.45) is 5.73 Å². The maximum atomic E-state index is 11.1. The first-order valence-electron chi connectivity index (χ1n) is 4.37. The van der Waals surface area contributed by atoms with Crippen molar-refractivity contribution < 1.29 is 13.9 Å². The van der Waals surface area contributed by atoms with Crippen molar-refractivity contribution in [1.82, 2.24) is 0 Å². The molecule has 0 aliphatic rings. The van der Waals surface area contributed by atoms with E-state index in [0.717, 1.165) is 0 Å². The largest absolute Gasteiger partial charge is 0.434 e. The maximum absolute atomic E-state index is 11.1. The summed E-state index contributed by atoms with van der Waals surface area (Å²) in [7, 11) is 0. The Bertz CT molecular complexity index is 462. The van der Waals surface area contributed by atoms with E-state index in [1.807, 2.05) is 0 Å². The summed E-state index contributed by atoms with van der Waals surface area (Å²) in [5.41, 5.74) is 5.52. The first-order valence-corrected chi connectivity index (χ1v) is 4.37. The van der Waals surface area contributed by atoms with Gasteiger partial charge in [0.25, 0.3) is 11.9 Å². The molecule has 0 radical (unpaired) electrons. The molecule has 0 aliphatic heterocycles. The molecule has 1 amide bonds. The highest BCUT2D eigenvalue weighted by molar-refractivity contribution is 5.95. The minimum atomic E-state index is -0.530. The zero-order valence-electron chi connectivity index (χ0n) is 7.84. The van der Waals surface area contributed by atoms with Gasteiger partial charge in [-0.1, -0.05) is 12.1 Å². The van der Waals surface area contributed by atoms with Crippen LogP contribution in [0.15, 0.2) is 47.1 Å². The van der Waals surface area contributed by atoms with Gasteiger partial charge in [-0.05, 0) is 18.2 Å². The van der Waals surface area contributed by atoms with Crippen LogP contribution >= 0.6 is 0 Å². The predicted molar refractivity (Wildman–Crippen MR) is 53.7 cm³/mol. The summed E-state index contributed by atoms with van der Waals surface area (Å²) >= 11 is 0. The Kier molecular flexibility index (Phi) is 2.41. The molecular formula is C11H9NO3. The third kappa shape index (κ3) is 1.99. The first-order chi connectivity index (χ1) is 7.27. The van der Waals surface area contributed by atoms with Crippen molar-refractivity contribution in [1.29, 1.82) is 0 Å². The van der Waals surface area contributed by atoms with Gasteiger partial charge in [-0.2, -0.15) is 0 Å². The molecule has 0 bridgehead atoms. The molecule has 0 unspecified atom stereocenters. The monoisotopic (exact) mass is 203 g/mol. The Balaban J connectivity index is 2.32. The third-order valence-electron chi connectivity index (χ3n) is 1.86. The highest BCUT2D eigenvalue weighted by atomic mass is 16.6. The molecule has 0 saturated carbocycles. The Morgan fingerprint density at radius 1 is 1.20 bits per heavy atom. The lowest BCUT2D eigenvalue weighted by Gasteiger charge is -2.05. The van der Waals surface area contributed by atoms with Gasteiger partial charge in [0.2, 0.25) is 0 Å². The number of hydrogen-bond acceptors (Lipinski definition) is 3. The number of para-hydroxylation sites is 1. The van der Waals surface area contributed by atoms with E-state index in [2.05, 4.69) is 0 Å². The van der Waals surface area contributed by atoms with Gasteiger partial charge in [0.1, 0.15) is 5.75 Å². The molecule has 2 rings (SSSR count). The zero-order valence-corrected chi connectivity index (χ0v) is 7.84. The van der Waals surface area contributed by atoms with Crippen molar-refractivity contribution in [2.45, 2.75) is 0 Å². The first kappa shape index (κ1) is 9.33. The molecule has 1 aromatic carbocycles. The number of primary amides is 1. The maximum Gasteiger partial charge on any atom is 0.289 e. The lowest BCUT2D eigenvalue weighted by molar-refractivity contribution is 0.0997. The summed E-state index contributed by atoms with van der Waals surface area (Å²) in [6, 6.07) is 10.1. The van der Waals surface area contributed by atoms with E-state index in [0.29, 0.717) is 17.3 Å². The molecule has 76 valence electrons. The van der Waals surface area contributed by atoms with Crippen molar-refractivity contribution >= 4 is 5.91 Å². The Hall–Kier alpha value is -2.23. The minimum absolute atomic E-state index is 0.323. The van der Waals surface area contributed by atoms with E-state index in [1.54, 1.807) is 36.4 Å². The van der Waals surface area contributed by atoms with Crippen LogP contribution in [0.2, 0.25) is 0 Å². The molecule has 0 saturated heterocycles. The van der Waals surface area contributed by atoms with Crippen molar-refractivity contribution in [3.63, 3.8) is 0 Å². The van der Waals surface area contributed by atoms with Gasteiger partial charge in [-0.25, -0.2) is 0 Å². The second-order valence-corrected chi connectivity index (χ2v) is 2.89. The van der Waals surface area contributed by atoms with Gasteiger partial charge in [-0.15, -0.1) is 0 Å². The Morgan fingerprint density at radius 3 is 2.67 bits per heavy atom. The Morgan fingerprint density at radius 2 is 2.00 bits per heavy atom. The third-order valence-corrected chi connectivity index (χ3v) is 1.86. The smallest absolute Gasteiger partial charge is 0.289 e. The van der Waals surface area contributed by atoms with Crippen LogP contribution in [0.4, 0.5) is 0 Å². The Labute approximate surface area is 86.3 Å². The normalized spacial score (nSPS) is 9.87. The summed E-state index contributed by atoms with van der Waals surface area (Å²) in [5.74, 6) is 0.181. The fourth-order valence-corrected chi connectivity index (χ4v) is 1.19. The van der Waals surface area contributed by atoms with Gasteiger partial charge >= 0.3 is 0 Å². The van der Waals surface area contributed by atoms with Crippen LogP contribution in [0.25, 0.3) is 0 Å². The van der Waals surface area contributed by atoms with Crippen molar-refractivity contribution in [2.75, 3.05) is 0 Å². The molecule has 2 N–H and O–H groups in total. The molecule has 0 atom stereocenters. The quantitative estimate of drug-likeness (QED) is 0.831. The van der Waals surface area contributed by atoms with Gasteiger partial charge in [-0.3, -0.25) is 4.79 Å². The van der Waals surface area contributed by atoms with Gasteiger partial charge < -0.3 is 14.9 Å². The number of carbonyl (C=O) groups is 1. The molecule has 2 aromatic rings. The number of benzene rings is 1. The van der Waals surface area contributed by atoms with Crippen LogP contribution in [0, 0.1) is 0 Å². The predicted octanol–water partition coefficient (Wildman–Crippen LogP) is 2.17. The number of amides is 1. The van der Waals surface area contributed by atoms with Crippen LogP contribution in [0.1, 0.15) is 10.4 Å². The number of ether oxygens (including phenoxy) is 1. The average molecular weight is 203 g/mol. The SMILES string of the molecule is NC(=O)c1ccccc1Oc1ccco1. The molecule has 0 spiro atoms. The summed E-state index contributed by atoms with van der Waals surface area (Å²) in [4.78, 5) is 11.1. The second-order valence-electron chi connectivity index (χ2n) is 2.89. The van der Waals surface area contributed by atoms with E-state index >= 15 is 0 Å². The molecule has 0 aliphatic carbocycles. The summed E-state index contributed by atoms with van der Waals surface area (Å²) in [6.45, 7) is 0. The molecular weight excluding hydrogens is 194 g/mol.